The largest absolute Gasteiger partial charge is 0.355 e. The Labute approximate surface area is 137 Å². The van der Waals surface area contributed by atoms with Crippen LogP contribution in [0, 0.1) is 5.92 Å². The molecule has 2 amide bonds. The van der Waals surface area contributed by atoms with Gasteiger partial charge in [-0.15, -0.1) is 5.10 Å². The Bertz CT molecular complexity index is 905. The number of aromatic nitrogens is 3. The number of hydrogen-bond acceptors (Lipinski definition) is 4. The number of para-hydroxylation sites is 1. The average molecular weight is 321 g/mol. The van der Waals surface area contributed by atoms with Crippen LogP contribution in [-0.2, 0) is 9.59 Å². The molecule has 0 aliphatic carbocycles. The van der Waals surface area contributed by atoms with Crippen molar-refractivity contribution in [3.63, 3.8) is 0 Å². The summed E-state index contributed by atoms with van der Waals surface area (Å²) in [5.41, 5.74) is 4.99. The smallest absolute Gasteiger partial charge is 0.253 e. The molecular formula is C17H15N5O2. The van der Waals surface area contributed by atoms with Gasteiger partial charge in [-0.1, -0.05) is 42.5 Å². The van der Waals surface area contributed by atoms with E-state index in [2.05, 4.69) is 21.1 Å². The lowest BCUT2D eigenvalue weighted by Crippen LogP contribution is -2.36. The van der Waals surface area contributed by atoms with E-state index in [4.69, 9.17) is 0 Å². The molecule has 2 unspecified atom stereocenters. The molecule has 0 radical (unpaired) electrons. The van der Waals surface area contributed by atoms with Crippen LogP contribution in [0.15, 0.2) is 54.6 Å². The molecule has 2 heterocycles. The van der Waals surface area contributed by atoms with Crippen LogP contribution in [0.5, 0.6) is 0 Å². The van der Waals surface area contributed by atoms with Crippen molar-refractivity contribution in [2.75, 3.05) is 12.0 Å². The van der Waals surface area contributed by atoms with Gasteiger partial charge in [-0.3, -0.25) is 9.59 Å². The molecule has 24 heavy (non-hydrogen) atoms. The van der Waals surface area contributed by atoms with E-state index in [-0.39, 0.29) is 11.8 Å². The molecule has 2 atom stereocenters. The van der Waals surface area contributed by atoms with Crippen LogP contribution in [0.1, 0.15) is 11.5 Å². The minimum absolute atomic E-state index is 0.200. The van der Waals surface area contributed by atoms with Crippen LogP contribution in [0.2, 0.25) is 0 Å². The van der Waals surface area contributed by atoms with Crippen molar-refractivity contribution in [3.8, 4) is 0 Å². The Kier molecular flexibility index (Phi) is 3.45. The van der Waals surface area contributed by atoms with E-state index in [9.17, 15) is 9.59 Å². The Morgan fingerprint density at radius 2 is 1.88 bits per heavy atom. The molecular weight excluding hydrogens is 306 g/mol. The van der Waals surface area contributed by atoms with Crippen LogP contribution >= 0.6 is 0 Å². The summed E-state index contributed by atoms with van der Waals surface area (Å²) in [6.07, 6.45) is 0. The maximum Gasteiger partial charge on any atom is 0.253 e. The van der Waals surface area contributed by atoms with Crippen molar-refractivity contribution in [1.29, 1.82) is 0 Å². The van der Waals surface area contributed by atoms with E-state index in [1.807, 2.05) is 42.5 Å². The second kappa shape index (κ2) is 5.77. The molecule has 2 N–H and O–H groups in total. The van der Waals surface area contributed by atoms with Crippen LogP contribution in [0.4, 0.5) is 0 Å². The summed E-state index contributed by atoms with van der Waals surface area (Å²) in [6.45, 7) is 0.443. The van der Waals surface area contributed by atoms with E-state index in [0.717, 1.165) is 5.56 Å². The fraction of sp³-hybridized carbons (Fsp3) is 0.176. The quantitative estimate of drug-likeness (QED) is 0.705. The lowest BCUT2D eigenvalue weighted by Gasteiger charge is -2.16. The van der Waals surface area contributed by atoms with Crippen LogP contribution in [0.25, 0.3) is 11.0 Å². The number of benzene rings is 2. The first-order chi connectivity index (χ1) is 11.7. The molecule has 1 saturated heterocycles. The Hall–Kier alpha value is -3.22. The third-order valence-electron chi connectivity index (χ3n) is 4.26. The fourth-order valence-electron chi connectivity index (χ4n) is 3.06. The zero-order valence-electron chi connectivity index (χ0n) is 12.7. The molecule has 4 rings (SSSR count). The minimum atomic E-state index is -0.796. The average Bonchev–Trinajstić information content (AvgIpc) is 3.20. The van der Waals surface area contributed by atoms with Gasteiger partial charge in [-0.05, 0) is 22.9 Å². The molecule has 2 aromatic carbocycles. The Balaban J connectivity index is 1.61. The second-order valence-corrected chi connectivity index (χ2v) is 5.71. The highest BCUT2D eigenvalue weighted by atomic mass is 16.2. The SMILES string of the molecule is O=C1NCC(c2ccccc2)C1C(=O)Nn1nnc2ccccc21. The van der Waals surface area contributed by atoms with Gasteiger partial charge in [0.05, 0.1) is 0 Å². The second-order valence-electron chi connectivity index (χ2n) is 5.71. The minimum Gasteiger partial charge on any atom is -0.355 e. The van der Waals surface area contributed by atoms with E-state index >= 15 is 0 Å². The molecule has 0 saturated carbocycles. The summed E-state index contributed by atoms with van der Waals surface area (Å²) in [4.78, 5) is 26.2. The highest BCUT2D eigenvalue weighted by molar-refractivity contribution is 6.06. The lowest BCUT2D eigenvalue weighted by atomic mass is 9.88. The van der Waals surface area contributed by atoms with E-state index in [0.29, 0.717) is 17.6 Å². The molecule has 1 aliphatic rings. The number of carbonyl (C=O) groups is 2. The summed E-state index contributed by atoms with van der Waals surface area (Å²) in [5.74, 6) is -1.66. The number of nitrogens with one attached hydrogen (secondary N) is 2. The van der Waals surface area contributed by atoms with Gasteiger partial charge in [-0.25, -0.2) is 5.43 Å². The van der Waals surface area contributed by atoms with Crippen molar-refractivity contribution in [3.05, 3.63) is 60.2 Å². The lowest BCUT2D eigenvalue weighted by molar-refractivity contribution is -0.131. The summed E-state index contributed by atoms with van der Waals surface area (Å²) in [6, 6.07) is 16.9. The Morgan fingerprint density at radius 1 is 1.12 bits per heavy atom. The third kappa shape index (κ3) is 2.40. The fourth-order valence-corrected chi connectivity index (χ4v) is 3.06. The molecule has 3 aromatic rings. The van der Waals surface area contributed by atoms with Gasteiger partial charge in [0.1, 0.15) is 17.0 Å². The van der Waals surface area contributed by atoms with Crippen LogP contribution in [-0.4, -0.2) is 33.5 Å². The van der Waals surface area contributed by atoms with Gasteiger partial charge in [0.2, 0.25) is 5.91 Å². The summed E-state index contributed by atoms with van der Waals surface area (Å²) in [7, 11) is 0. The molecule has 7 nitrogen and oxygen atoms in total. The van der Waals surface area contributed by atoms with Crippen molar-refractivity contribution < 1.29 is 9.59 Å². The first-order valence-corrected chi connectivity index (χ1v) is 7.68. The predicted molar refractivity (Wildman–Crippen MR) is 87.6 cm³/mol. The predicted octanol–water partition coefficient (Wildman–Crippen LogP) is 1.03. The summed E-state index contributed by atoms with van der Waals surface area (Å²) >= 11 is 0. The van der Waals surface area contributed by atoms with E-state index in [1.54, 1.807) is 12.1 Å². The van der Waals surface area contributed by atoms with Crippen molar-refractivity contribution in [2.24, 2.45) is 5.92 Å². The Morgan fingerprint density at radius 3 is 2.71 bits per heavy atom. The zero-order valence-corrected chi connectivity index (χ0v) is 12.7. The third-order valence-corrected chi connectivity index (χ3v) is 4.26. The standard InChI is InChI=1S/C17H15N5O2/c23-16-15(12(10-18-16)11-6-2-1-3-7-11)17(24)20-22-14-9-5-4-8-13(14)19-21-22/h1-9,12,15H,10H2,(H,18,23)(H,20,24). The van der Waals surface area contributed by atoms with Crippen LogP contribution in [0.3, 0.4) is 0 Å². The summed E-state index contributed by atoms with van der Waals surface area (Å²) < 4.78 is 0. The number of amides is 2. The maximum absolute atomic E-state index is 12.7. The van der Waals surface area contributed by atoms with E-state index in [1.165, 1.54) is 4.79 Å². The molecule has 1 aliphatic heterocycles. The summed E-state index contributed by atoms with van der Waals surface area (Å²) in [5, 5.41) is 10.7. The molecule has 120 valence electrons. The zero-order chi connectivity index (χ0) is 16.5. The maximum atomic E-state index is 12.7. The number of carbonyl (C=O) groups excluding carboxylic acids is 2. The highest BCUT2D eigenvalue weighted by Gasteiger charge is 2.41. The van der Waals surface area contributed by atoms with Gasteiger partial charge < -0.3 is 5.32 Å². The molecule has 1 fully saturated rings. The number of rotatable bonds is 3. The first kappa shape index (κ1) is 14.4. The number of nitrogens with zero attached hydrogens (tertiary/aromatic N) is 3. The molecule has 0 bridgehead atoms. The first-order valence-electron chi connectivity index (χ1n) is 7.68. The van der Waals surface area contributed by atoms with Gasteiger partial charge in [0, 0.05) is 12.5 Å². The van der Waals surface area contributed by atoms with Gasteiger partial charge in [0.25, 0.3) is 5.91 Å². The normalized spacial score (nSPS) is 20.1. The molecule has 1 aromatic heterocycles. The van der Waals surface area contributed by atoms with Crippen molar-refractivity contribution in [1.82, 2.24) is 20.4 Å². The van der Waals surface area contributed by atoms with Crippen molar-refractivity contribution >= 4 is 22.8 Å². The number of hydrogen-bond donors (Lipinski definition) is 2. The van der Waals surface area contributed by atoms with Crippen molar-refractivity contribution in [2.45, 2.75) is 5.92 Å². The van der Waals surface area contributed by atoms with Gasteiger partial charge >= 0.3 is 0 Å². The topological polar surface area (TPSA) is 88.9 Å². The molecule has 0 spiro atoms. The highest BCUT2D eigenvalue weighted by Crippen LogP contribution is 2.29. The molecule has 7 heteroatoms. The van der Waals surface area contributed by atoms with Gasteiger partial charge in [-0.2, -0.15) is 4.79 Å². The monoisotopic (exact) mass is 321 g/mol. The van der Waals surface area contributed by atoms with E-state index < -0.39 is 11.8 Å². The van der Waals surface area contributed by atoms with Gasteiger partial charge in [0.15, 0.2) is 0 Å². The van der Waals surface area contributed by atoms with Crippen LogP contribution < -0.4 is 10.7 Å². The number of fused-ring (bicyclic) bond motifs is 1.